The summed E-state index contributed by atoms with van der Waals surface area (Å²) >= 11 is 17.7. The van der Waals surface area contributed by atoms with Crippen molar-refractivity contribution in [2.24, 2.45) is 0 Å². The number of amides is 1. The number of halogens is 3. The molecule has 0 aliphatic carbocycles. The minimum atomic E-state index is -0.149. The summed E-state index contributed by atoms with van der Waals surface area (Å²) in [4.78, 5) is 13.9. The van der Waals surface area contributed by atoms with E-state index in [9.17, 15) is 4.79 Å². The molecule has 0 atom stereocenters. The van der Waals surface area contributed by atoms with Crippen molar-refractivity contribution in [3.05, 3.63) is 62.6 Å². The van der Waals surface area contributed by atoms with E-state index in [0.717, 1.165) is 5.56 Å². The summed E-state index contributed by atoms with van der Waals surface area (Å²) < 4.78 is 0. The predicted molar refractivity (Wildman–Crippen MR) is 88.1 cm³/mol. The molecule has 110 valence electrons. The molecule has 1 amide bonds. The molecule has 3 nitrogen and oxygen atoms in total. The minimum Gasteiger partial charge on any atom is -0.398 e. The molecule has 6 heteroatoms. The largest absolute Gasteiger partial charge is 0.398 e. The monoisotopic (exact) mass is 342 g/mol. The lowest BCUT2D eigenvalue weighted by atomic mass is 10.1. The van der Waals surface area contributed by atoms with Crippen LogP contribution in [-0.4, -0.2) is 17.9 Å². The highest BCUT2D eigenvalue weighted by atomic mass is 35.5. The van der Waals surface area contributed by atoms with Crippen LogP contribution in [0.3, 0.4) is 0 Å². The normalized spacial score (nSPS) is 10.5. The van der Waals surface area contributed by atoms with Gasteiger partial charge in [0, 0.05) is 19.2 Å². The number of carbonyl (C=O) groups excluding carboxylic acids is 1. The third-order valence-electron chi connectivity index (χ3n) is 2.99. The van der Waals surface area contributed by atoms with Crippen molar-refractivity contribution in [2.75, 3.05) is 12.8 Å². The van der Waals surface area contributed by atoms with E-state index in [1.165, 1.54) is 0 Å². The van der Waals surface area contributed by atoms with Crippen molar-refractivity contribution in [1.29, 1.82) is 0 Å². The molecular formula is C15H13Cl3N2O. The van der Waals surface area contributed by atoms with Gasteiger partial charge < -0.3 is 10.6 Å². The average Bonchev–Trinajstić information content (AvgIpc) is 2.45. The molecule has 0 saturated heterocycles. The van der Waals surface area contributed by atoms with Crippen LogP contribution < -0.4 is 5.73 Å². The number of rotatable bonds is 3. The standard InChI is InChI=1S/C15H13Cl3N2O/c1-20(8-9-2-4-11(16)13(18)6-9)15(21)10-3-5-12(17)14(19)7-10/h2-7H,8,19H2,1H3. The van der Waals surface area contributed by atoms with Crippen molar-refractivity contribution < 1.29 is 4.79 Å². The van der Waals surface area contributed by atoms with Gasteiger partial charge in [-0.05, 0) is 35.9 Å². The molecule has 2 rings (SSSR count). The number of hydrogen-bond acceptors (Lipinski definition) is 2. The van der Waals surface area contributed by atoms with E-state index in [-0.39, 0.29) is 5.91 Å². The van der Waals surface area contributed by atoms with Crippen molar-refractivity contribution in [3.63, 3.8) is 0 Å². The van der Waals surface area contributed by atoms with Gasteiger partial charge in [0.15, 0.2) is 0 Å². The average molecular weight is 344 g/mol. The lowest BCUT2D eigenvalue weighted by Crippen LogP contribution is -2.26. The van der Waals surface area contributed by atoms with E-state index < -0.39 is 0 Å². The Bertz CT molecular complexity index is 689. The Morgan fingerprint density at radius 2 is 1.71 bits per heavy atom. The van der Waals surface area contributed by atoms with Crippen molar-refractivity contribution in [1.82, 2.24) is 4.90 Å². The van der Waals surface area contributed by atoms with E-state index in [2.05, 4.69) is 0 Å². The van der Waals surface area contributed by atoms with Crippen molar-refractivity contribution in [3.8, 4) is 0 Å². The minimum absolute atomic E-state index is 0.149. The molecule has 0 fully saturated rings. The second-order valence-electron chi connectivity index (χ2n) is 4.65. The van der Waals surface area contributed by atoms with Crippen LogP contribution >= 0.6 is 34.8 Å². The Morgan fingerprint density at radius 3 is 2.33 bits per heavy atom. The molecule has 21 heavy (non-hydrogen) atoms. The summed E-state index contributed by atoms with van der Waals surface area (Å²) in [5, 5.41) is 1.38. The van der Waals surface area contributed by atoms with Crippen LogP contribution in [0.15, 0.2) is 36.4 Å². The summed E-state index contributed by atoms with van der Waals surface area (Å²) in [7, 11) is 1.70. The molecule has 2 aromatic carbocycles. The van der Waals surface area contributed by atoms with Gasteiger partial charge in [-0.1, -0.05) is 40.9 Å². The number of nitrogens with two attached hydrogens (primary N) is 1. The predicted octanol–water partition coefficient (Wildman–Crippen LogP) is 4.50. The van der Waals surface area contributed by atoms with Crippen LogP contribution in [0.4, 0.5) is 5.69 Å². The van der Waals surface area contributed by atoms with Crippen molar-refractivity contribution >= 4 is 46.4 Å². The smallest absolute Gasteiger partial charge is 0.253 e. The fourth-order valence-corrected chi connectivity index (χ4v) is 2.32. The Morgan fingerprint density at radius 1 is 1.05 bits per heavy atom. The van der Waals surface area contributed by atoms with Gasteiger partial charge in [-0.15, -0.1) is 0 Å². The Kier molecular flexibility index (Phi) is 4.99. The quantitative estimate of drug-likeness (QED) is 0.834. The van der Waals surface area contributed by atoms with Crippen LogP contribution in [0.1, 0.15) is 15.9 Å². The SMILES string of the molecule is CN(Cc1ccc(Cl)c(Cl)c1)C(=O)c1ccc(Cl)c(N)c1. The molecule has 0 saturated carbocycles. The van der Waals surface area contributed by atoms with Crippen LogP contribution in [0, 0.1) is 0 Å². The van der Waals surface area contributed by atoms with E-state index in [4.69, 9.17) is 40.5 Å². The van der Waals surface area contributed by atoms with Gasteiger partial charge in [-0.25, -0.2) is 0 Å². The number of carbonyl (C=O) groups is 1. The summed E-state index contributed by atoms with van der Waals surface area (Å²) in [6.07, 6.45) is 0. The fourth-order valence-electron chi connectivity index (χ4n) is 1.88. The topological polar surface area (TPSA) is 46.3 Å². The maximum absolute atomic E-state index is 12.3. The number of benzene rings is 2. The molecule has 0 aliphatic rings. The molecule has 2 aromatic rings. The molecule has 0 spiro atoms. The molecule has 0 unspecified atom stereocenters. The van der Waals surface area contributed by atoms with Crippen LogP contribution in [0.25, 0.3) is 0 Å². The molecule has 2 N–H and O–H groups in total. The Hall–Kier alpha value is -1.42. The summed E-state index contributed by atoms with van der Waals surface area (Å²) in [5.41, 5.74) is 7.47. The Balaban J connectivity index is 2.15. The van der Waals surface area contributed by atoms with Crippen LogP contribution in [-0.2, 0) is 6.54 Å². The van der Waals surface area contributed by atoms with E-state index in [1.54, 1.807) is 42.3 Å². The molecule has 0 heterocycles. The lowest BCUT2D eigenvalue weighted by Gasteiger charge is -2.18. The highest BCUT2D eigenvalue weighted by Gasteiger charge is 2.13. The number of nitrogen functional groups attached to an aromatic ring is 1. The molecule has 0 radical (unpaired) electrons. The highest BCUT2D eigenvalue weighted by molar-refractivity contribution is 6.42. The van der Waals surface area contributed by atoms with Crippen LogP contribution in [0.2, 0.25) is 15.1 Å². The van der Waals surface area contributed by atoms with Gasteiger partial charge >= 0.3 is 0 Å². The fraction of sp³-hybridized carbons (Fsp3) is 0.133. The van der Waals surface area contributed by atoms with E-state index in [1.807, 2.05) is 6.07 Å². The first-order valence-corrected chi connectivity index (χ1v) is 7.26. The van der Waals surface area contributed by atoms with E-state index in [0.29, 0.717) is 32.9 Å². The molecule has 0 bridgehead atoms. The van der Waals surface area contributed by atoms with Gasteiger partial charge in [0.2, 0.25) is 0 Å². The zero-order valence-corrected chi connectivity index (χ0v) is 13.5. The zero-order chi connectivity index (χ0) is 15.6. The molecule has 0 aliphatic heterocycles. The van der Waals surface area contributed by atoms with Crippen molar-refractivity contribution in [2.45, 2.75) is 6.54 Å². The third kappa shape index (κ3) is 3.82. The number of nitrogens with zero attached hydrogens (tertiary/aromatic N) is 1. The first kappa shape index (κ1) is 16.0. The van der Waals surface area contributed by atoms with Gasteiger partial charge in [0.1, 0.15) is 0 Å². The maximum atomic E-state index is 12.3. The summed E-state index contributed by atoms with van der Waals surface area (Å²) in [6, 6.07) is 10.1. The second-order valence-corrected chi connectivity index (χ2v) is 5.87. The summed E-state index contributed by atoms with van der Waals surface area (Å²) in [6.45, 7) is 0.415. The second kappa shape index (κ2) is 6.56. The summed E-state index contributed by atoms with van der Waals surface area (Å²) in [5.74, 6) is -0.149. The first-order valence-electron chi connectivity index (χ1n) is 6.13. The number of hydrogen-bond donors (Lipinski definition) is 1. The van der Waals surface area contributed by atoms with Gasteiger partial charge in [-0.2, -0.15) is 0 Å². The van der Waals surface area contributed by atoms with E-state index >= 15 is 0 Å². The van der Waals surface area contributed by atoms with Gasteiger partial charge in [0.25, 0.3) is 5.91 Å². The first-order chi connectivity index (χ1) is 9.88. The van der Waals surface area contributed by atoms with Crippen LogP contribution in [0.5, 0.6) is 0 Å². The third-order valence-corrected chi connectivity index (χ3v) is 4.08. The highest BCUT2D eigenvalue weighted by Crippen LogP contribution is 2.24. The van der Waals surface area contributed by atoms with Gasteiger partial charge in [0.05, 0.1) is 20.8 Å². The molecule has 0 aromatic heterocycles. The Labute approximate surface area is 138 Å². The molecular weight excluding hydrogens is 331 g/mol. The maximum Gasteiger partial charge on any atom is 0.253 e. The number of anilines is 1. The zero-order valence-electron chi connectivity index (χ0n) is 11.2. The van der Waals surface area contributed by atoms with Gasteiger partial charge in [-0.3, -0.25) is 4.79 Å². The lowest BCUT2D eigenvalue weighted by molar-refractivity contribution is 0.0785.